The van der Waals surface area contributed by atoms with Crippen LogP contribution in [0.4, 0.5) is 13.2 Å². The number of H-pyrrole nitrogens is 1. The SMILES string of the molecule is Cc1cccc2[nH]c(-c3ccc(-c4ccc(CNCCCN5CCCC5=O)cc4)s3)nc12.O=C(O)C(F)(F)F. The molecule has 7 nitrogen and oxygen atoms in total. The fourth-order valence-corrected chi connectivity index (χ4v) is 5.22. The number of carboxylic acids is 1. The van der Waals surface area contributed by atoms with Gasteiger partial charge in [0.1, 0.15) is 5.82 Å². The zero-order valence-corrected chi connectivity index (χ0v) is 22.2. The van der Waals surface area contributed by atoms with Crippen LogP contribution in [0.15, 0.2) is 54.6 Å². The lowest BCUT2D eigenvalue weighted by Crippen LogP contribution is -2.28. The number of fused-ring (bicyclic) bond motifs is 1. The number of aromatic amines is 1. The van der Waals surface area contributed by atoms with Crippen molar-refractivity contribution in [3.63, 3.8) is 0 Å². The zero-order valence-electron chi connectivity index (χ0n) is 21.3. The van der Waals surface area contributed by atoms with E-state index in [9.17, 15) is 18.0 Å². The van der Waals surface area contributed by atoms with Gasteiger partial charge in [-0.2, -0.15) is 13.2 Å². The van der Waals surface area contributed by atoms with Crippen molar-refractivity contribution in [3.8, 4) is 21.1 Å². The van der Waals surface area contributed by atoms with Gasteiger partial charge < -0.3 is 20.3 Å². The highest BCUT2D eigenvalue weighted by Gasteiger charge is 2.38. The summed E-state index contributed by atoms with van der Waals surface area (Å²) < 4.78 is 31.7. The van der Waals surface area contributed by atoms with Crippen LogP contribution in [-0.2, 0) is 16.1 Å². The fourth-order valence-electron chi connectivity index (χ4n) is 4.27. The van der Waals surface area contributed by atoms with Gasteiger partial charge in [-0.1, -0.05) is 36.4 Å². The Morgan fingerprint density at radius 3 is 2.49 bits per heavy atom. The summed E-state index contributed by atoms with van der Waals surface area (Å²) in [5.74, 6) is -1.51. The summed E-state index contributed by atoms with van der Waals surface area (Å²) in [5, 5.41) is 10.6. The molecule has 0 spiro atoms. The maximum Gasteiger partial charge on any atom is 0.490 e. The van der Waals surface area contributed by atoms with E-state index in [0.717, 1.165) is 67.2 Å². The van der Waals surface area contributed by atoms with Crippen LogP contribution in [0, 0.1) is 6.92 Å². The molecule has 1 fully saturated rings. The molecular weight excluding hydrogens is 529 g/mol. The maximum atomic E-state index is 11.6. The minimum Gasteiger partial charge on any atom is -0.475 e. The van der Waals surface area contributed by atoms with E-state index in [1.165, 1.54) is 21.6 Å². The smallest absolute Gasteiger partial charge is 0.475 e. The number of carboxylic acid groups (broad SMARTS) is 1. The zero-order chi connectivity index (χ0) is 28.0. The Hall–Kier alpha value is -3.70. The second-order valence-corrected chi connectivity index (χ2v) is 10.3. The van der Waals surface area contributed by atoms with Crippen LogP contribution in [0.2, 0.25) is 0 Å². The highest BCUT2D eigenvalue weighted by molar-refractivity contribution is 7.18. The summed E-state index contributed by atoms with van der Waals surface area (Å²) in [6, 6.07) is 19.3. The number of alkyl halides is 3. The number of aryl methyl sites for hydroxylation is 1. The van der Waals surface area contributed by atoms with Crippen LogP contribution in [-0.4, -0.2) is 57.7 Å². The molecule has 39 heavy (non-hydrogen) atoms. The lowest BCUT2D eigenvalue weighted by atomic mass is 10.1. The van der Waals surface area contributed by atoms with E-state index in [2.05, 4.69) is 71.8 Å². The summed E-state index contributed by atoms with van der Waals surface area (Å²) in [6.45, 7) is 5.67. The Morgan fingerprint density at radius 1 is 1.13 bits per heavy atom. The number of para-hydroxylation sites is 1. The molecule has 0 unspecified atom stereocenters. The number of likely N-dealkylation sites (tertiary alicyclic amines) is 1. The van der Waals surface area contributed by atoms with E-state index >= 15 is 0 Å². The molecular formula is C28H29F3N4O3S. The Labute approximate surface area is 227 Å². The fraction of sp³-hybridized carbons (Fsp3) is 0.321. The number of nitrogens with zero attached hydrogens (tertiary/aromatic N) is 2. The van der Waals surface area contributed by atoms with Crippen LogP contribution >= 0.6 is 11.3 Å². The van der Waals surface area contributed by atoms with E-state index in [1.54, 1.807) is 11.3 Å². The lowest BCUT2D eigenvalue weighted by molar-refractivity contribution is -0.192. The van der Waals surface area contributed by atoms with Crippen LogP contribution in [0.5, 0.6) is 0 Å². The average molecular weight is 559 g/mol. The van der Waals surface area contributed by atoms with Gasteiger partial charge in [0.05, 0.1) is 15.9 Å². The van der Waals surface area contributed by atoms with Crippen LogP contribution in [0.3, 0.4) is 0 Å². The number of rotatable bonds is 8. The number of carbonyl (C=O) groups is 2. The van der Waals surface area contributed by atoms with Crippen molar-refractivity contribution in [2.45, 2.75) is 38.9 Å². The van der Waals surface area contributed by atoms with Gasteiger partial charge in [0.25, 0.3) is 0 Å². The van der Waals surface area contributed by atoms with Crippen molar-refractivity contribution >= 4 is 34.2 Å². The monoisotopic (exact) mass is 558 g/mol. The predicted octanol–water partition coefficient (Wildman–Crippen LogP) is 6.00. The number of halogens is 3. The number of aliphatic carboxylic acids is 1. The first-order valence-electron chi connectivity index (χ1n) is 12.6. The molecule has 5 rings (SSSR count). The standard InChI is InChI=1S/C26H28N4OS.C2HF3O2/c1-18-5-2-6-21-25(18)29-26(28-21)23-13-12-22(32-23)20-10-8-19(9-11-20)17-27-14-4-16-30-15-3-7-24(30)31;3-2(4,5)1(6)7/h2,5-6,8-13,27H,3-4,7,14-17H2,1H3,(H,28,29);(H,6,7). The van der Waals surface area contributed by atoms with Crippen molar-refractivity contribution in [1.29, 1.82) is 0 Å². The number of imidazole rings is 1. The minimum absolute atomic E-state index is 0.313. The molecule has 2 aromatic heterocycles. The quantitative estimate of drug-likeness (QED) is 0.230. The normalized spacial score (nSPS) is 13.5. The van der Waals surface area contributed by atoms with E-state index in [1.807, 2.05) is 4.90 Å². The molecule has 3 heterocycles. The second-order valence-electron chi connectivity index (χ2n) is 9.23. The highest BCUT2D eigenvalue weighted by atomic mass is 32.1. The minimum atomic E-state index is -5.08. The van der Waals surface area contributed by atoms with Gasteiger partial charge in [0.15, 0.2) is 0 Å². The van der Waals surface area contributed by atoms with Gasteiger partial charge in [-0.25, -0.2) is 9.78 Å². The topological polar surface area (TPSA) is 98.3 Å². The summed E-state index contributed by atoms with van der Waals surface area (Å²) in [7, 11) is 0. The van der Waals surface area contributed by atoms with Crippen LogP contribution < -0.4 is 5.32 Å². The van der Waals surface area contributed by atoms with Gasteiger partial charge in [0, 0.05) is 30.9 Å². The first-order chi connectivity index (χ1) is 18.6. The van der Waals surface area contributed by atoms with Crippen molar-refractivity contribution in [2.75, 3.05) is 19.6 Å². The second kappa shape index (κ2) is 12.4. The van der Waals surface area contributed by atoms with Gasteiger partial charge in [-0.15, -0.1) is 11.3 Å². The summed E-state index contributed by atoms with van der Waals surface area (Å²) >= 11 is 1.76. The molecule has 0 aliphatic carbocycles. The number of hydrogen-bond donors (Lipinski definition) is 3. The third-order valence-electron chi connectivity index (χ3n) is 6.32. The predicted molar refractivity (Wildman–Crippen MR) is 145 cm³/mol. The number of benzene rings is 2. The molecule has 3 N–H and O–H groups in total. The Bertz CT molecular complexity index is 1430. The number of carbonyl (C=O) groups excluding carboxylic acids is 1. The first-order valence-corrected chi connectivity index (χ1v) is 13.4. The van der Waals surface area contributed by atoms with Crippen molar-refractivity contribution < 1.29 is 27.9 Å². The third kappa shape index (κ3) is 7.45. The van der Waals surface area contributed by atoms with Crippen molar-refractivity contribution in [2.24, 2.45) is 0 Å². The van der Waals surface area contributed by atoms with E-state index in [0.29, 0.717) is 5.91 Å². The molecule has 11 heteroatoms. The summed E-state index contributed by atoms with van der Waals surface area (Å²) in [6.07, 6.45) is -2.34. The molecule has 0 saturated carbocycles. The lowest BCUT2D eigenvalue weighted by Gasteiger charge is -2.15. The van der Waals surface area contributed by atoms with E-state index in [4.69, 9.17) is 14.9 Å². The number of amides is 1. The highest BCUT2D eigenvalue weighted by Crippen LogP contribution is 2.34. The third-order valence-corrected chi connectivity index (χ3v) is 7.46. The molecule has 2 aromatic carbocycles. The molecule has 4 aromatic rings. The largest absolute Gasteiger partial charge is 0.490 e. The van der Waals surface area contributed by atoms with Crippen molar-refractivity contribution in [3.05, 3.63) is 65.7 Å². The van der Waals surface area contributed by atoms with E-state index in [-0.39, 0.29) is 0 Å². The number of nitrogens with one attached hydrogen (secondary N) is 2. The molecule has 206 valence electrons. The first kappa shape index (κ1) is 28.3. The Kier molecular flexibility index (Phi) is 9.03. The van der Waals surface area contributed by atoms with Crippen LogP contribution in [0.1, 0.15) is 30.4 Å². The average Bonchev–Trinajstić information content (AvgIpc) is 3.64. The Morgan fingerprint density at radius 2 is 1.85 bits per heavy atom. The number of hydrogen-bond acceptors (Lipinski definition) is 5. The molecule has 0 radical (unpaired) electrons. The Balaban J connectivity index is 0.000000448. The summed E-state index contributed by atoms with van der Waals surface area (Å²) in [4.78, 5) is 33.2. The van der Waals surface area contributed by atoms with Crippen LogP contribution in [0.25, 0.3) is 32.2 Å². The van der Waals surface area contributed by atoms with E-state index < -0.39 is 12.1 Å². The molecule has 0 bridgehead atoms. The number of aromatic nitrogens is 2. The molecule has 1 aliphatic heterocycles. The van der Waals surface area contributed by atoms with Gasteiger partial charge in [-0.3, -0.25) is 4.79 Å². The number of thiophene rings is 1. The van der Waals surface area contributed by atoms with Gasteiger partial charge in [0.2, 0.25) is 5.91 Å². The molecule has 0 atom stereocenters. The van der Waals surface area contributed by atoms with Crippen molar-refractivity contribution in [1.82, 2.24) is 20.2 Å². The molecule has 1 aliphatic rings. The van der Waals surface area contributed by atoms with Gasteiger partial charge >= 0.3 is 12.1 Å². The molecule has 1 amide bonds. The molecule has 1 saturated heterocycles. The van der Waals surface area contributed by atoms with Gasteiger partial charge in [-0.05, 0) is 61.2 Å². The summed E-state index contributed by atoms with van der Waals surface area (Å²) in [5.41, 5.74) is 5.82. The maximum absolute atomic E-state index is 11.6.